The van der Waals surface area contributed by atoms with Gasteiger partial charge in [0.15, 0.2) is 0 Å². The van der Waals surface area contributed by atoms with E-state index in [0.717, 1.165) is 0 Å². The van der Waals surface area contributed by atoms with Crippen molar-refractivity contribution in [3.63, 3.8) is 0 Å². The minimum absolute atomic E-state index is 0.0325. The fourth-order valence-electron chi connectivity index (χ4n) is 1.35. The van der Waals surface area contributed by atoms with Crippen LogP contribution in [0, 0.1) is 0 Å². The Morgan fingerprint density at radius 1 is 1.32 bits per heavy atom. The summed E-state index contributed by atoms with van der Waals surface area (Å²) in [5.41, 5.74) is 6.14. The number of aromatic nitrogens is 1. The summed E-state index contributed by atoms with van der Waals surface area (Å²) in [6.07, 6.45) is 1.54. The Morgan fingerprint density at radius 3 is 2.68 bits per heavy atom. The zero-order chi connectivity index (χ0) is 14.0. The third-order valence-corrected chi connectivity index (χ3v) is 4.62. The average Bonchev–Trinajstić information content (AvgIpc) is 2.35. The van der Waals surface area contributed by atoms with E-state index in [2.05, 4.69) is 25.6 Å². The first kappa shape index (κ1) is 14.1. The lowest BCUT2D eigenvalue weighted by Gasteiger charge is -2.09. The highest BCUT2D eigenvalue weighted by atomic mass is 79.9. The molecule has 1 aromatic carbocycles. The first-order chi connectivity index (χ1) is 8.90. The van der Waals surface area contributed by atoms with Crippen LogP contribution in [0.15, 0.2) is 46.0 Å². The Morgan fingerprint density at radius 2 is 2.05 bits per heavy atom. The summed E-state index contributed by atoms with van der Waals surface area (Å²) < 4.78 is 27.1. The molecule has 1 heterocycles. The molecule has 0 aliphatic carbocycles. The summed E-state index contributed by atoms with van der Waals surface area (Å²) in [6.45, 7) is 0. The number of nitrogens with two attached hydrogens (primary N) is 1. The second-order valence-corrected chi connectivity index (χ2v) is 6.47. The van der Waals surface area contributed by atoms with E-state index in [9.17, 15) is 8.42 Å². The predicted octanol–water partition coefficient (Wildman–Crippen LogP) is 2.88. The molecule has 0 saturated heterocycles. The van der Waals surface area contributed by atoms with Crippen LogP contribution in [0.2, 0.25) is 5.02 Å². The molecule has 0 spiro atoms. The summed E-state index contributed by atoms with van der Waals surface area (Å²) in [4.78, 5) is 3.97. The number of pyridine rings is 1. The lowest BCUT2D eigenvalue weighted by atomic mass is 10.3. The number of nitrogen functional groups attached to an aromatic ring is 1. The van der Waals surface area contributed by atoms with Crippen LogP contribution in [0.3, 0.4) is 0 Å². The van der Waals surface area contributed by atoms with Gasteiger partial charge in [-0.2, -0.15) is 0 Å². The molecule has 0 unspecified atom stereocenters. The standard InChI is InChI=1S/C11H9BrClN3O2S/c12-11-10(2-1-5-15-11)16-19(17,18)7-3-4-8(13)9(14)6-7/h1-6,16H,14H2. The molecule has 2 rings (SSSR count). The van der Waals surface area contributed by atoms with Gasteiger partial charge in [-0.1, -0.05) is 11.6 Å². The molecule has 19 heavy (non-hydrogen) atoms. The van der Waals surface area contributed by atoms with Crippen molar-refractivity contribution in [3.05, 3.63) is 46.2 Å². The van der Waals surface area contributed by atoms with Gasteiger partial charge in [0.1, 0.15) is 4.60 Å². The number of halogens is 2. The van der Waals surface area contributed by atoms with Crippen LogP contribution < -0.4 is 10.5 Å². The van der Waals surface area contributed by atoms with Gasteiger partial charge in [0.25, 0.3) is 10.0 Å². The highest BCUT2D eigenvalue weighted by Crippen LogP contribution is 2.25. The number of benzene rings is 1. The molecule has 0 aliphatic heterocycles. The Kier molecular flexibility index (Phi) is 3.98. The first-order valence-electron chi connectivity index (χ1n) is 5.08. The SMILES string of the molecule is Nc1cc(S(=O)(=O)Nc2cccnc2Br)ccc1Cl. The minimum atomic E-state index is -3.73. The van der Waals surface area contributed by atoms with Crippen molar-refractivity contribution in [2.45, 2.75) is 4.90 Å². The lowest BCUT2D eigenvalue weighted by Crippen LogP contribution is -2.13. The van der Waals surface area contributed by atoms with Gasteiger partial charge in [0.2, 0.25) is 0 Å². The highest BCUT2D eigenvalue weighted by Gasteiger charge is 2.16. The molecule has 2 aromatic rings. The normalized spacial score (nSPS) is 11.3. The van der Waals surface area contributed by atoms with Gasteiger partial charge in [0.05, 0.1) is 21.3 Å². The summed E-state index contributed by atoms with van der Waals surface area (Å²) in [5, 5.41) is 0.307. The second kappa shape index (κ2) is 5.36. The number of hydrogen-bond donors (Lipinski definition) is 2. The maximum atomic E-state index is 12.2. The Labute approximate surface area is 124 Å². The summed E-state index contributed by atoms with van der Waals surface area (Å²) in [5.74, 6) is 0. The Bertz CT molecular complexity index is 722. The largest absolute Gasteiger partial charge is 0.397 e. The molecule has 0 amide bonds. The van der Waals surface area contributed by atoms with Crippen molar-refractivity contribution in [3.8, 4) is 0 Å². The van der Waals surface area contributed by atoms with Crippen molar-refractivity contribution in [1.82, 2.24) is 4.98 Å². The summed E-state index contributed by atoms with van der Waals surface area (Å²) in [7, 11) is -3.73. The molecule has 0 fully saturated rings. The third-order valence-electron chi connectivity index (χ3n) is 2.28. The monoisotopic (exact) mass is 361 g/mol. The van der Waals surface area contributed by atoms with Gasteiger partial charge in [-0.3, -0.25) is 4.72 Å². The van der Waals surface area contributed by atoms with Crippen molar-refractivity contribution in [1.29, 1.82) is 0 Å². The lowest BCUT2D eigenvalue weighted by molar-refractivity contribution is 0.601. The van der Waals surface area contributed by atoms with Gasteiger partial charge in [-0.15, -0.1) is 0 Å². The highest BCUT2D eigenvalue weighted by molar-refractivity contribution is 9.10. The maximum Gasteiger partial charge on any atom is 0.262 e. The van der Waals surface area contributed by atoms with Crippen molar-refractivity contribution in [2.24, 2.45) is 0 Å². The zero-order valence-electron chi connectivity index (χ0n) is 9.47. The van der Waals surface area contributed by atoms with E-state index in [-0.39, 0.29) is 10.6 Å². The van der Waals surface area contributed by atoms with E-state index >= 15 is 0 Å². The van der Waals surface area contributed by atoms with Gasteiger partial charge < -0.3 is 5.73 Å². The molecule has 3 N–H and O–H groups in total. The number of anilines is 2. The molecule has 0 bridgehead atoms. The molecule has 0 saturated carbocycles. The quantitative estimate of drug-likeness (QED) is 0.649. The molecule has 8 heteroatoms. The zero-order valence-corrected chi connectivity index (χ0v) is 12.6. The van der Waals surface area contributed by atoms with Crippen molar-refractivity contribution in [2.75, 3.05) is 10.5 Å². The molecule has 100 valence electrons. The van der Waals surface area contributed by atoms with Crippen LogP contribution >= 0.6 is 27.5 Å². The second-order valence-electron chi connectivity index (χ2n) is 3.63. The Hall–Kier alpha value is -1.31. The Balaban J connectivity index is 2.38. The minimum Gasteiger partial charge on any atom is -0.397 e. The van der Waals surface area contributed by atoms with Crippen LogP contribution in [0.4, 0.5) is 11.4 Å². The smallest absolute Gasteiger partial charge is 0.262 e. The van der Waals surface area contributed by atoms with Crippen LogP contribution in [0.25, 0.3) is 0 Å². The summed E-state index contributed by atoms with van der Waals surface area (Å²) >= 11 is 8.92. The van der Waals surface area contributed by atoms with Gasteiger partial charge in [-0.25, -0.2) is 13.4 Å². The fourth-order valence-corrected chi connectivity index (χ4v) is 3.05. The van der Waals surface area contributed by atoms with E-state index in [1.165, 1.54) is 18.2 Å². The van der Waals surface area contributed by atoms with E-state index in [1.54, 1.807) is 18.3 Å². The van der Waals surface area contributed by atoms with Gasteiger partial charge in [-0.05, 0) is 46.3 Å². The number of nitrogens with one attached hydrogen (secondary N) is 1. The topological polar surface area (TPSA) is 85.1 Å². The number of nitrogens with zero attached hydrogens (tertiary/aromatic N) is 1. The van der Waals surface area contributed by atoms with E-state index < -0.39 is 10.0 Å². The first-order valence-corrected chi connectivity index (χ1v) is 7.74. The number of rotatable bonds is 3. The number of hydrogen-bond acceptors (Lipinski definition) is 4. The predicted molar refractivity (Wildman–Crippen MR) is 78.6 cm³/mol. The van der Waals surface area contributed by atoms with Crippen LogP contribution in [0.5, 0.6) is 0 Å². The van der Waals surface area contributed by atoms with E-state index in [1.807, 2.05) is 0 Å². The summed E-state index contributed by atoms with van der Waals surface area (Å²) in [6, 6.07) is 7.33. The van der Waals surface area contributed by atoms with Crippen molar-refractivity contribution < 1.29 is 8.42 Å². The molecular formula is C11H9BrClN3O2S. The fraction of sp³-hybridized carbons (Fsp3) is 0. The van der Waals surface area contributed by atoms with E-state index in [0.29, 0.717) is 15.3 Å². The van der Waals surface area contributed by atoms with Crippen LogP contribution in [-0.4, -0.2) is 13.4 Å². The van der Waals surface area contributed by atoms with Crippen molar-refractivity contribution >= 4 is 48.9 Å². The number of sulfonamides is 1. The molecule has 0 atom stereocenters. The molecule has 0 aliphatic rings. The molecule has 1 aromatic heterocycles. The van der Waals surface area contributed by atoms with Crippen LogP contribution in [-0.2, 0) is 10.0 Å². The molecular weight excluding hydrogens is 354 g/mol. The maximum absolute atomic E-state index is 12.2. The molecule has 5 nitrogen and oxygen atoms in total. The molecule has 0 radical (unpaired) electrons. The third kappa shape index (κ3) is 3.17. The average molecular weight is 363 g/mol. The van der Waals surface area contributed by atoms with E-state index in [4.69, 9.17) is 17.3 Å². The van der Waals surface area contributed by atoms with Crippen LogP contribution in [0.1, 0.15) is 0 Å². The van der Waals surface area contributed by atoms with Gasteiger partial charge in [0, 0.05) is 6.20 Å². The van der Waals surface area contributed by atoms with Gasteiger partial charge >= 0.3 is 0 Å².